The van der Waals surface area contributed by atoms with Crippen LogP contribution in [0, 0.1) is 0 Å². The second-order valence-electron chi connectivity index (χ2n) is 9.74. The van der Waals surface area contributed by atoms with Gasteiger partial charge in [0, 0.05) is 12.4 Å². The summed E-state index contributed by atoms with van der Waals surface area (Å²) in [5, 5.41) is 41.4. The number of carbonyl (C=O) groups excluding carboxylic acids is 2. The third-order valence-corrected chi connectivity index (χ3v) is 6.48. The fourth-order valence-electron chi connectivity index (χ4n) is 4.29. The number of hydrogen-bond donors (Lipinski definition) is 3. The fourth-order valence-corrected chi connectivity index (χ4v) is 4.29. The molecule has 0 saturated carbocycles. The largest absolute Gasteiger partial charge is 1.00 e. The minimum absolute atomic E-state index is 0. The topological polar surface area (TPSA) is 146 Å². The van der Waals surface area contributed by atoms with E-state index in [9.17, 15) is 30.0 Å². The number of unbranched alkanes of at least 4 members (excludes halogenated alkanes) is 8. The monoisotopic (exact) mass is 526 g/mol. The van der Waals surface area contributed by atoms with Crippen LogP contribution in [0.5, 0.6) is 0 Å². The number of aliphatic hydroxyl groups excluding tert-OH is 3. The van der Waals surface area contributed by atoms with E-state index in [0.29, 0.717) is 12.8 Å². The second-order valence-corrected chi connectivity index (χ2v) is 9.74. The van der Waals surface area contributed by atoms with Crippen LogP contribution in [0.25, 0.3) is 0 Å². The van der Waals surface area contributed by atoms with Crippen molar-refractivity contribution in [3.05, 3.63) is 0 Å². The summed E-state index contributed by atoms with van der Waals surface area (Å²) in [7, 11) is 0. The third kappa shape index (κ3) is 14.6. The van der Waals surface area contributed by atoms with E-state index in [4.69, 9.17) is 14.2 Å². The zero-order chi connectivity index (χ0) is 26.2. The van der Waals surface area contributed by atoms with Crippen molar-refractivity contribution >= 4 is 11.9 Å². The van der Waals surface area contributed by atoms with Crippen molar-refractivity contribution in [3.8, 4) is 0 Å². The number of esters is 1. The van der Waals surface area contributed by atoms with Crippen LogP contribution in [-0.4, -0.2) is 70.2 Å². The average Bonchev–Trinajstić information content (AvgIpc) is 2.80. The maximum absolute atomic E-state index is 12.7. The van der Waals surface area contributed by atoms with Gasteiger partial charge in [0.15, 0.2) is 6.29 Å². The van der Waals surface area contributed by atoms with Crippen molar-refractivity contribution in [3.63, 3.8) is 0 Å². The summed E-state index contributed by atoms with van der Waals surface area (Å²) in [4.78, 5) is 23.9. The molecule has 0 bridgehead atoms. The maximum Gasteiger partial charge on any atom is 1.00 e. The molecule has 0 spiro atoms. The van der Waals surface area contributed by atoms with Gasteiger partial charge in [-0.25, -0.2) is 0 Å². The van der Waals surface area contributed by atoms with E-state index in [1.807, 2.05) is 0 Å². The van der Waals surface area contributed by atoms with E-state index >= 15 is 0 Å². The molecule has 1 saturated heterocycles. The van der Waals surface area contributed by atoms with E-state index in [2.05, 4.69) is 13.8 Å². The minimum atomic E-state index is -1.46. The molecule has 1 fully saturated rings. The van der Waals surface area contributed by atoms with Gasteiger partial charge in [-0.1, -0.05) is 71.6 Å². The van der Waals surface area contributed by atoms with Gasteiger partial charge in [0.25, 0.3) is 0 Å². The standard InChI is InChI=1S/C26H48O9.Na/c1-4-6-8-10-12-14-19(16-21(27)28)34-22(29)17-20(15-13-11-9-7-5-2)35-26-25(32)24(31)23(30)18(3)33-26;/h18-20,23-26,30-32H,4-17H2,1-3H3,(H,27,28);/q;+1/p-1/t18-,19?,20?,23-,24+,25+,26+;/m0./s1. The molecule has 0 aromatic heterocycles. The molecule has 0 amide bonds. The number of aliphatic hydroxyl groups is 3. The number of carbonyl (C=O) groups is 2. The maximum atomic E-state index is 12.7. The van der Waals surface area contributed by atoms with Crippen LogP contribution < -0.4 is 34.7 Å². The van der Waals surface area contributed by atoms with Gasteiger partial charge in [0.05, 0.1) is 18.6 Å². The van der Waals surface area contributed by atoms with Gasteiger partial charge in [-0.15, -0.1) is 0 Å². The normalized spacial score (nSPS) is 25.6. The molecular formula is C26H47NaO9. The summed E-state index contributed by atoms with van der Waals surface area (Å²) in [5.41, 5.74) is 0. The van der Waals surface area contributed by atoms with Crippen molar-refractivity contribution in [2.24, 2.45) is 0 Å². The second kappa shape index (κ2) is 20.7. The molecule has 0 aliphatic carbocycles. The first-order valence-electron chi connectivity index (χ1n) is 13.4. The average molecular weight is 527 g/mol. The first-order valence-corrected chi connectivity index (χ1v) is 13.4. The van der Waals surface area contributed by atoms with Gasteiger partial charge in [0.1, 0.15) is 24.4 Å². The molecule has 1 heterocycles. The smallest absolute Gasteiger partial charge is 0.550 e. The minimum Gasteiger partial charge on any atom is -0.550 e. The van der Waals surface area contributed by atoms with Crippen LogP contribution in [0.2, 0.25) is 0 Å². The fraction of sp³-hybridized carbons (Fsp3) is 0.923. The number of hydrogen-bond acceptors (Lipinski definition) is 9. The number of carboxylic acid groups (broad SMARTS) is 1. The Bertz CT molecular complexity index is 592. The van der Waals surface area contributed by atoms with Crippen molar-refractivity contribution in [1.82, 2.24) is 0 Å². The zero-order valence-corrected chi connectivity index (χ0v) is 24.7. The van der Waals surface area contributed by atoms with E-state index in [0.717, 1.165) is 64.2 Å². The van der Waals surface area contributed by atoms with Gasteiger partial charge < -0.3 is 39.4 Å². The van der Waals surface area contributed by atoms with Crippen LogP contribution in [0.4, 0.5) is 0 Å². The summed E-state index contributed by atoms with van der Waals surface area (Å²) in [6.07, 6.45) is 3.00. The Balaban J connectivity index is 0.0000122. The van der Waals surface area contributed by atoms with Crippen LogP contribution in [-0.2, 0) is 23.8 Å². The molecule has 1 rings (SSSR count). The Labute approximate surface area is 238 Å². The number of ether oxygens (including phenoxy) is 3. The van der Waals surface area contributed by atoms with Gasteiger partial charge in [-0.05, 0) is 26.2 Å². The molecule has 2 unspecified atom stereocenters. The van der Waals surface area contributed by atoms with Gasteiger partial charge >= 0.3 is 35.5 Å². The summed E-state index contributed by atoms with van der Waals surface area (Å²) in [6, 6.07) is 0. The first kappa shape index (κ1) is 35.7. The van der Waals surface area contributed by atoms with Crippen LogP contribution in [0.15, 0.2) is 0 Å². The first-order chi connectivity index (χ1) is 16.7. The Hall–Kier alpha value is -0.260. The third-order valence-electron chi connectivity index (χ3n) is 6.48. The van der Waals surface area contributed by atoms with E-state index < -0.39 is 54.9 Å². The van der Waals surface area contributed by atoms with Crippen LogP contribution in [0.1, 0.15) is 111 Å². The summed E-state index contributed by atoms with van der Waals surface area (Å²) in [6.45, 7) is 5.80. The molecule has 3 N–H and O–H groups in total. The Morgan fingerprint density at radius 1 is 0.806 bits per heavy atom. The molecule has 0 aromatic rings. The van der Waals surface area contributed by atoms with Crippen LogP contribution >= 0.6 is 0 Å². The molecular weight excluding hydrogens is 479 g/mol. The summed E-state index contributed by atoms with van der Waals surface area (Å²) in [5.74, 6) is -1.84. The molecule has 0 aromatic carbocycles. The van der Waals surface area contributed by atoms with Crippen molar-refractivity contribution < 1.29 is 73.8 Å². The summed E-state index contributed by atoms with van der Waals surface area (Å²) < 4.78 is 16.9. The van der Waals surface area contributed by atoms with E-state index in [-0.39, 0.29) is 42.4 Å². The van der Waals surface area contributed by atoms with E-state index in [1.54, 1.807) is 6.92 Å². The number of rotatable bonds is 19. The zero-order valence-electron chi connectivity index (χ0n) is 22.7. The van der Waals surface area contributed by atoms with Crippen LogP contribution in [0.3, 0.4) is 0 Å². The van der Waals surface area contributed by atoms with Gasteiger partial charge in [-0.3, -0.25) is 4.79 Å². The molecule has 7 atom stereocenters. The van der Waals surface area contributed by atoms with Crippen molar-refractivity contribution in [2.75, 3.05) is 0 Å². The SMILES string of the molecule is CCCCCCCC(CC(=O)[O-])OC(=O)CC(CCCCCCC)O[C@H]1O[C@@H](C)[C@H](O)[C@@H](O)[C@H]1O.[Na+]. The Morgan fingerprint density at radius 3 is 1.86 bits per heavy atom. The molecule has 10 heteroatoms. The Kier molecular flexibility index (Phi) is 20.5. The van der Waals surface area contributed by atoms with Crippen molar-refractivity contribution in [2.45, 2.75) is 154 Å². The molecule has 1 aliphatic rings. The van der Waals surface area contributed by atoms with Gasteiger partial charge in [0.2, 0.25) is 0 Å². The predicted molar refractivity (Wildman–Crippen MR) is 128 cm³/mol. The Morgan fingerprint density at radius 2 is 1.33 bits per heavy atom. The van der Waals surface area contributed by atoms with E-state index in [1.165, 1.54) is 0 Å². The molecule has 9 nitrogen and oxygen atoms in total. The molecule has 1 aliphatic heterocycles. The quantitative estimate of drug-likeness (QED) is 0.114. The molecule has 36 heavy (non-hydrogen) atoms. The van der Waals surface area contributed by atoms with Gasteiger partial charge in [-0.2, -0.15) is 0 Å². The number of carboxylic acids is 1. The molecule has 0 radical (unpaired) electrons. The summed E-state index contributed by atoms with van der Waals surface area (Å²) >= 11 is 0. The molecule has 206 valence electrons. The number of aliphatic carboxylic acids is 1. The van der Waals surface area contributed by atoms with Crippen molar-refractivity contribution in [1.29, 1.82) is 0 Å². The predicted octanol–water partition coefficient (Wildman–Crippen LogP) is -0.634.